The van der Waals surface area contributed by atoms with Crippen LogP contribution in [0.3, 0.4) is 0 Å². The molecule has 1 atom stereocenters. The van der Waals surface area contributed by atoms with Crippen LogP contribution in [0.4, 0.5) is 15.9 Å². The molecule has 0 aliphatic rings. The summed E-state index contributed by atoms with van der Waals surface area (Å²) in [6.07, 6.45) is 1.54. The van der Waals surface area contributed by atoms with Gasteiger partial charge in [0.2, 0.25) is 0 Å². The molecular formula is C27H23FN4O. The highest BCUT2D eigenvalue weighted by Crippen LogP contribution is 2.36. The molecule has 0 amide bonds. The summed E-state index contributed by atoms with van der Waals surface area (Å²) in [5.74, 6) is 1.12. The average molecular weight is 439 g/mol. The number of fused-ring (bicyclic) bond motifs is 1. The van der Waals surface area contributed by atoms with E-state index in [1.165, 1.54) is 24.0 Å². The fourth-order valence-corrected chi connectivity index (χ4v) is 4.09. The average Bonchev–Trinajstić information content (AvgIpc) is 3.25. The Morgan fingerprint density at radius 3 is 2.42 bits per heavy atom. The first-order chi connectivity index (χ1) is 16.1. The Bertz CT molecular complexity index is 1400. The predicted octanol–water partition coefficient (Wildman–Crippen LogP) is 6.60. The van der Waals surface area contributed by atoms with Crippen molar-refractivity contribution in [3.8, 4) is 17.0 Å². The summed E-state index contributed by atoms with van der Waals surface area (Å²) in [5.41, 5.74) is 4.64. The molecule has 0 bridgehead atoms. The lowest BCUT2D eigenvalue weighted by atomic mass is 10.1. The van der Waals surface area contributed by atoms with Gasteiger partial charge in [0.25, 0.3) is 0 Å². The fraction of sp³-hybridized carbons (Fsp3) is 0.111. The van der Waals surface area contributed by atoms with Gasteiger partial charge in [0.05, 0.1) is 24.2 Å². The minimum atomic E-state index is -0.306. The Morgan fingerprint density at radius 2 is 1.70 bits per heavy atom. The number of halogens is 1. The summed E-state index contributed by atoms with van der Waals surface area (Å²) < 4.78 is 21.3. The van der Waals surface area contributed by atoms with Crippen LogP contribution in [0.25, 0.3) is 22.3 Å². The minimum absolute atomic E-state index is 0.0257. The second kappa shape index (κ2) is 8.74. The topological polar surface area (TPSA) is 52.0 Å². The molecular weight excluding hydrogens is 415 g/mol. The third-order valence-electron chi connectivity index (χ3n) is 5.77. The van der Waals surface area contributed by atoms with Crippen LogP contribution in [0.2, 0.25) is 0 Å². The van der Waals surface area contributed by atoms with Crippen LogP contribution in [0, 0.1) is 5.82 Å². The van der Waals surface area contributed by atoms with Crippen LogP contribution in [0.1, 0.15) is 18.5 Å². The zero-order valence-corrected chi connectivity index (χ0v) is 18.4. The molecule has 1 N–H and O–H groups in total. The van der Waals surface area contributed by atoms with E-state index >= 15 is 0 Å². The van der Waals surface area contributed by atoms with Gasteiger partial charge < -0.3 is 14.6 Å². The summed E-state index contributed by atoms with van der Waals surface area (Å²) in [6, 6.07) is 26.7. The zero-order chi connectivity index (χ0) is 22.8. The lowest BCUT2D eigenvalue weighted by molar-refractivity contribution is 0.415. The van der Waals surface area contributed by atoms with E-state index in [-0.39, 0.29) is 11.9 Å². The van der Waals surface area contributed by atoms with Gasteiger partial charge in [-0.3, -0.25) is 0 Å². The zero-order valence-electron chi connectivity index (χ0n) is 18.4. The molecule has 2 aromatic heterocycles. The summed E-state index contributed by atoms with van der Waals surface area (Å²) in [6.45, 7) is 2.16. The van der Waals surface area contributed by atoms with Crippen molar-refractivity contribution in [2.24, 2.45) is 0 Å². The molecule has 0 radical (unpaired) electrons. The molecule has 0 saturated carbocycles. The SMILES string of the molecule is COc1ccc(-c2cc3c(Nc4cccc(F)c4)ncnc3n2C(C)c2ccccc2)cc1. The molecule has 33 heavy (non-hydrogen) atoms. The van der Waals surface area contributed by atoms with Crippen molar-refractivity contribution < 1.29 is 9.13 Å². The van der Waals surface area contributed by atoms with Crippen LogP contribution in [-0.2, 0) is 0 Å². The number of hydrogen-bond donors (Lipinski definition) is 1. The summed E-state index contributed by atoms with van der Waals surface area (Å²) in [5, 5.41) is 4.11. The maximum absolute atomic E-state index is 13.7. The van der Waals surface area contributed by atoms with E-state index in [1.807, 2.05) is 48.5 Å². The minimum Gasteiger partial charge on any atom is -0.497 e. The largest absolute Gasteiger partial charge is 0.497 e. The Balaban J connectivity index is 1.69. The molecule has 5 rings (SSSR count). The highest BCUT2D eigenvalue weighted by molar-refractivity contribution is 5.94. The Kier molecular flexibility index (Phi) is 5.48. The summed E-state index contributed by atoms with van der Waals surface area (Å²) in [4.78, 5) is 9.10. The molecule has 3 aromatic carbocycles. The van der Waals surface area contributed by atoms with Gasteiger partial charge in [0, 0.05) is 5.69 Å². The first-order valence-electron chi connectivity index (χ1n) is 10.7. The van der Waals surface area contributed by atoms with E-state index in [0.29, 0.717) is 11.5 Å². The molecule has 5 aromatic rings. The second-order valence-electron chi connectivity index (χ2n) is 7.81. The van der Waals surface area contributed by atoms with Gasteiger partial charge in [-0.15, -0.1) is 0 Å². The third kappa shape index (κ3) is 4.03. The van der Waals surface area contributed by atoms with Crippen molar-refractivity contribution in [1.82, 2.24) is 14.5 Å². The molecule has 0 fully saturated rings. The van der Waals surface area contributed by atoms with Crippen LogP contribution in [0.15, 0.2) is 91.3 Å². The molecule has 0 aliphatic heterocycles. The smallest absolute Gasteiger partial charge is 0.146 e. The molecule has 0 aliphatic carbocycles. The van der Waals surface area contributed by atoms with Crippen molar-refractivity contribution >= 4 is 22.5 Å². The maximum Gasteiger partial charge on any atom is 0.146 e. The first kappa shape index (κ1) is 20.7. The van der Waals surface area contributed by atoms with E-state index in [4.69, 9.17) is 4.74 Å². The van der Waals surface area contributed by atoms with Crippen molar-refractivity contribution in [2.75, 3.05) is 12.4 Å². The van der Waals surface area contributed by atoms with Crippen LogP contribution in [0.5, 0.6) is 5.75 Å². The second-order valence-corrected chi connectivity index (χ2v) is 7.81. The highest BCUT2D eigenvalue weighted by Gasteiger charge is 2.20. The van der Waals surface area contributed by atoms with Gasteiger partial charge in [0.1, 0.15) is 29.4 Å². The number of methoxy groups -OCH3 is 1. The van der Waals surface area contributed by atoms with Gasteiger partial charge >= 0.3 is 0 Å². The van der Waals surface area contributed by atoms with Gasteiger partial charge in [-0.1, -0.05) is 36.4 Å². The van der Waals surface area contributed by atoms with Crippen LogP contribution >= 0.6 is 0 Å². The molecule has 1 unspecified atom stereocenters. The Morgan fingerprint density at radius 1 is 0.909 bits per heavy atom. The number of nitrogens with one attached hydrogen (secondary N) is 1. The van der Waals surface area contributed by atoms with Crippen molar-refractivity contribution in [2.45, 2.75) is 13.0 Å². The molecule has 164 valence electrons. The fourth-order valence-electron chi connectivity index (χ4n) is 4.09. The van der Waals surface area contributed by atoms with E-state index in [0.717, 1.165) is 28.0 Å². The van der Waals surface area contributed by atoms with Crippen molar-refractivity contribution in [3.63, 3.8) is 0 Å². The quantitative estimate of drug-likeness (QED) is 0.325. The van der Waals surface area contributed by atoms with E-state index in [2.05, 4.69) is 45.0 Å². The number of rotatable bonds is 6. The van der Waals surface area contributed by atoms with Crippen molar-refractivity contribution in [3.05, 3.63) is 103 Å². The van der Waals surface area contributed by atoms with Gasteiger partial charge in [0.15, 0.2) is 0 Å². The lowest BCUT2D eigenvalue weighted by Gasteiger charge is -2.19. The number of hydrogen-bond acceptors (Lipinski definition) is 4. The van der Waals surface area contributed by atoms with Crippen LogP contribution in [-0.4, -0.2) is 21.6 Å². The standard InChI is InChI=1S/C27H23FN4O/c1-18(19-7-4-3-5-8-19)32-25(20-11-13-23(33-2)14-12-20)16-24-26(29-17-30-27(24)32)31-22-10-6-9-21(28)15-22/h3-18H,1-2H3,(H,29,30,31). The van der Waals surface area contributed by atoms with E-state index < -0.39 is 0 Å². The number of nitrogens with zero attached hydrogens (tertiary/aromatic N) is 3. The molecule has 0 spiro atoms. The van der Waals surface area contributed by atoms with Crippen LogP contribution < -0.4 is 10.1 Å². The van der Waals surface area contributed by atoms with Crippen molar-refractivity contribution in [1.29, 1.82) is 0 Å². The van der Waals surface area contributed by atoms with Gasteiger partial charge in [-0.2, -0.15) is 0 Å². The maximum atomic E-state index is 13.7. The first-order valence-corrected chi connectivity index (χ1v) is 10.7. The third-order valence-corrected chi connectivity index (χ3v) is 5.77. The Labute approximate surface area is 191 Å². The predicted molar refractivity (Wildman–Crippen MR) is 129 cm³/mol. The number of aromatic nitrogens is 3. The molecule has 5 nitrogen and oxygen atoms in total. The molecule has 2 heterocycles. The van der Waals surface area contributed by atoms with Gasteiger partial charge in [-0.25, -0.2) is 14.4 Å². The number of anilines is 2. The summed E-state index contributed by atoms with van der Waals surface area (Å²) >= 11 is 0. The number of ether oxygens (including phenoxy) is 1. The summed E-state index contributed by atoms with van der Waals surface area (Å²) in [7, 11) is 1.66. The lowest BCUT2D eigenvalue weighted by Crippen LogP contribution is -2.09. The number of benzene rings is 3. The molecule has 6 heteroatoms. The Hall–Kier alpha value is -4.19. The monoisotopic (exact) mass is 438 g/mol. The highest BCUT2D eigenvalue weighted by atomic mass is 19.1. The van der Waals surface area contributed by atoms with Gasteiger partial charge in [-0.05, 0) is 66.6 Å². The van der Waals surface area contributed by atoms with E-state index in [9.17, 15) is 4.39 Å². The van der Waals surface area contributed by atoms with E-state index in [1.54, 1.807) is 13.2 Å². The normalized spacial score (nSPS) is 12.0. The molecule has 0 saturated heterocycles.